The van der Waals surface area contributed by atoms with Crippen LogP contribution in [0.3, 0.4) is 0 Å². The van der Waals surface area contributed by atoms with Crippen LogP contribution >= 0.6 is 0 Å². The number of hydrogen-bond donors (Lipinski definition) is 2. The normalized spacial score (nSPS) is 12.0. The molecule has 0 aliphatic rings. The van der Waals surface area contributed by atoms with Crippen molar-refractivity contribution in [1.82, 2.24) is 19.8 Å². The second-order valence-electron chi connectivity index (χ2n) is 5.00. The van der Waals surface area contributed by atoms with Gasteiger partial charge in [-0.05, 0) is 19.5 Å². The number of sulfonamides is 1. The Kier molecular flexibility index (Phi) is 4.76. The van der Waals surface area contributed by atoms with Crippen molar-refractivity contribution in [3.05, 3.63) is 47.2 Å². The molecule has 0 amide bonds. The van der Waals surface area contributed by atoms with Gasteiger partial charge in [0.15, 0.2) is 5.03 Å². The Morgan fingerprint density at radius 2 is 1.95 bits per heavy atom. The molecular weight excluding hydrogens is 288 g/mol. The average Bonchev–Trinajstić information content (AvgIpc) is 2.90. The highest BCUT2D eigenvalue weighted by Gasteiger charge is 2.25. The molecule has 7 heteroatoms. The second-order valence-corrected chi connectivity index (χ2v) is 6.98. The maximum Gasteiger partial charge on any atom is 0.260 e. The second kappa shape index (κ2) is 6.38. The summed E-state index contributed by atoms with van der Waals surface area (Å²) in [5.41, 5.74) is 2.73. The van der Waals surface area contributed by atoms with Crippen molar-refractivity contribution in [2.45, 2.75) is 25.0 Å². The summed E-state index contributed by atoms with van der Waals surface area (Å²) in [6, 6.07) is 7.81. The predicted octanol–water partition coefficient (Wildman–Crippen LogP) is 1.26. The zero-order valence-corrected chi connectivity index (χ0v) is 13.2. The maximum absolute atomic E-state index is 12.6. The van der Waals surface area contributed by atoms with E-state index in [1.54, 1.807) is 14.1 Å². The van der Waals surface area contributed by atoms with Gasteiger partial charge in [0.05, 0.1) is 6.20 Å². The molecule has 0 aliphatic heterocycles. The first-order valence-electron chi connectivity index (χ1n) is 6.64. The van der Waals surface area contributed by atoms with Crippen molar-refractivity contribution < 1.29 is 8.42 Å². The Labute approximate surface area is 125 Å². The Balaban J connectivity index is 2.22. The molecule has 1 aromatic carbocycles. The van der Waals surface area contributed by atoms with Crippen LogP contribution in [-0.4, -0.2) is 37.0 Å². The zero-order valence-electron chi connectivity index (χ0n) is 12.4. The van der Waals surface area contributed by atoms with Crippen molar-refractivity contribution >= 4 is 10.0 Å². The van der Waals surface area contributed by atoms with Gasteiger partial charge < -0.3 is 5.32 Å². The predicted molar refractivity (Wildman–Crippen MR) is 81.2 cm³/mol. The molecular formula is C14H20N4O2S. The van der Waals surface area contributed by atoms with E-state index in [9.17, 15) is 8.42 Å². The number of H-pyrrole nitrogens is 1. The van der Waals surface area contributed by atoms with E-state index in [1.807, 2.05) is 31.2 Å². The van der Waals surface area contributed by atoms with E-state index in [1.165, 1.54) is 10.5 Å². The van der Waals surface area contributed by atoms with E-state index in [4.69, 9.17) is 0 Å². The van der Waals surface area contributed by atoms with Crippen LogP contribution in [0, 0.1) is 6.92 Å². The lowest BCUT2D eigenvalue weighted by Gasteiger charge is -2.17. The molecule has 2 rings (SSSR count). The van der Waals surface area contributed by atoms with Gasteiger partial charge in [-0.25, -0.2) is 8.42 Å². The molecule has 0 bridgehead atoms. The quantitative estimate of drug-likeness (QED) is 0.842. The third kappa shape index (κ3) is 3.49. The topological polar surface area (TPSA) is 78.1 Å². The molecule has 2 aromatic rings. The maximum atomic E-state index is 12.6. The number of nitrogens with one attached hydrogen (secondary N) is 2. The van der Waals surface area contributed by atoms with Crippen LogP contribution in [0.2, 0.25) is 0 Å². The first-order chi connectivity index (χ1) is 9.95. The van der Waals surface area contributed by atoms with Crippen LogP contribution in [-0.2, 0) is 23.1 Å². The van der Waals surface area contributed by atoms with Crippen LogP contribution in [0.4, 0.5) is 0 Å². The number of aromatic amines is 1. The van der Waals surface area contributed by atoms with Gasteiger partial charge >= 0.3 is 0 Å². The molecule has 0 saturated carbocycles. The highest BCUT2D eigenvalue weighted by atomic mass is 32.2. The molecule has 114 valence electrons. The third-order valence-corrected chi connectivity index (χ3v) is 5.06. The van der Waals surface area contributed by atoms with Gasteiger partial charge in [-0.15, -0.1) is 0 Å². The van der Waals surface area contributed by atoms with E-state index in [0.29, 0.717) is 18.7 Å². The summed E-state index contributed by atoms with van der Waals surface area (Å²) in [5.74, 6) is 0. The summed E-state index contributed by atoms with van der Waals surface area (Å²) in [5, 5.41) is 9.50. The molecule has 0 fully saturated rings. The largest absolute Gasteiger partial charge is 0.316 e. The molecule has 2 N–H and O–H groups in total. The van der Waals surface area contributed by atoms with E-state index >= 15 is 0 Å². The molecule has 1 heterocycles. The zero-order chi connectivity index (χ0) is 15.5. The molecule has 1 aromatic heterocycles. The summed E-state index contributed by atoms with van der Waals surface area (Å²) in [6.45, 7) is 2.77. The first kappa shape index (κ1) is 15.7. The van der Waals surface area contributed by atoms with E-state index in [-0.39, 0.29) is 5.03 Å². The lowest BCUT2D eigenvalue weighted by Crippen LogP contribution is -2.28. The van der Waals surface area contributed by atoms with Crippen molar-refractivity contribution in [3.63, 3.8) is 0 Å². The average molecular weight is 308 g/mol. The molecule has 6 nitrogen and oxygen atoms in total. The smallest absolute Gasteiger partial charge is 0.260 e. The fraction of sp³-hybridized carbons (Fsp3) is 0.357. The number of aryl methyl sites for hydroxylation is 1. The highest BCUT2D eigenvalue weighted by Crippen LogP contribution is 2.18. The van der Waals surface area contributed by atoms with Gasteiger partial charge in [0.1, 0.15) is 0 Å². The number of nitrogens with zero attached hydrogens (tertiary/aromatic N) is 2. The summed E-state index contributed by atoms with van der Waals surface area (Å²) in [4.78, 5) is 0. The van der Waals surface area contributed by atoms with Gasteiger partial charge in [0.25, 0.3) is 10.0 Å². The fourth-order valence-electron chi connectivity index (χ4n) is 2.03. The molecule has 21 heavy (non-hydrogen) atoms. The Hall–Kier alpha value is -1.70. The van der Waals surface area contributed by atoms with Crippen molar-refractivity contribution in [2.24, 2.45) is 0 Å². The lowest BCUT2D eigenvalue weighted by atomic mass is 10.1. The van der Waals surface area contributed by atoms with Gasteiger partial charge in [-0.3, -0.25) is 5.10 Å². The molecule has 0 unspecified atom stereocenters. The Bertz CT molecular complexity index is 692. The van der Waals surface area contributed by atoms with Gasteiger partial charge in [-0.2, -0.15) is 9.40 Å². The van der Waals surface area contributed by atoms with Crippen LogP contribution in [0.5, 0.6) is 0 Å². The SMILES string of the molecule is CNCc1cn[nH]c1S(=O)(=O)N(C)Cc1ccc(C)cc1. The Morgan fingerprint density at radius 1 is 1.29 bits per heavy atom. The van der Waals surface area contributed by atoms with Gasteiger partial charge in [-0.1, -0.05) is 29.8 Å². The summed E-state index contributed by atoms with van der Waals surface area (Å²) >= 11 is 0. The standard InChI is InChI=1S/C14H20N4O2S/c1-11-4-6-12(7-5-11)10-18(3)21(19,20)14-13(8-15-2)9-16-17-14/h4-7,9,15H,8,10H2,1-3H3,(H,16,17). The third-order valence-electron chi connectivity index (χ3n) is 3.24. The number of rotatable bonds is 6. The van der Waals surface area contributed by atoms with Crippen LogP contribution in [0.1, 0.15) is 16.7 Å². The molecule has 0 aliphatic carbocycles. The highest BCUT2D eigenvalue weighted by molar-refractivity contribution is 7.89. The van der Waals surface area contributed by atoms with E-state index in [0.717, 1.165) is 11.1 Å². The molecule has 0 atom stereocenters. The molecule has 0 saturated heterocycles. The van der Waals surface area contributed by atoms with Gasteiger partial charge in [0, 0.05) is 25.7 Å². The number of hydrogen-bond acceptors (Lipinski definition) is 4. The summed E-state index contributed by atoms with van der Waals surface area (Å²) in [6.07, 6.45) is 1.53. The van der Waals surface area contributed by atoms with E-state index < -0.39 is 10.0 Å². The minimum atomic E-state index is -3.58. The van der Waals surface area contributed by atoms with Crippen molar-refractivity contribution in [2.75, 3.05) is 14.1 Å². The van der Waals surface area contributed by atoms with Crippen LogP contribution in [0.15, 0.2) is 35.5 Å². The lowest BCUT2D eigenvalue weighted by molar-refractivity contribution is 0.462. The summed E-state index contributed by atoms with van der Waals surface area (Å²) < 4.78 is 26.5. The fourth-order valence-corrected chi connectivity index (χ4v) is 3.29. The number of benzene rings is 1. The molecule has 0 radical (unpaired) electrons. The molecule has 0 spiro atoms. The first-order valence-corrected chi connectivity index (χ1v) is 8.08. The van der Waals surface area contributed by atoms with Gasteiger partial charge in [0.2, 0.25) is 0 Å². The Morgan fingerprint density at radius 3 is 2.57 bits per heavy atom. The van der Waals surface area contributed by atoms with Crippen molar-refractivity contribution in [1.29, 1.82) is 0 Å². The van der Waals surface area contributed by atoms with Crippen LogP contribution < -0.4 is 5.32 Å². The van der Waals surface area contributed by atoms with E-state index in [2.05, 4.69) is 15.5 Å². The monoisotopic (exact) mass is 308 g/mol. The van der Waals surface area contributed by atoms with Crippen LogP contribution in [0.25, 0.3) is 0 Å². The van der Waals surface area contributed by atoms with Crippen molar-refractivity contribution in [3.8, 4) is 0 Å². The minimum absolute atomic E-state index is 0.145. The minimum Gasteiger partial charge on any atom is -0.316 e. The number of aromatic nitrogens is 2. The summed E-state index contributed by atoms with van der Waals surface area (Å²) in [7, 11) is -0.250.